The monoisotopic (exact) mass is 968 g/mol. The largest absolute Gasteiger partial charge is 0.382 e. The number of nitrogens with two attached hydrogens (primary N) is 2. The van der Waals surface area contributed by atoms with Crippen LogP contribution in [-0.2, 0) is 68.7 Å². The highest BCUT2D eigenvalue weighted by Gasteiger charge is 2.64. The first kappa shape index (κ1) is 43.9. The molecule has 10 heterocycles. The third-order valence-electron chi connectivity index (χ3n) is 11.1. The van der Waals surface area contributed by atoms with E-state index in [0.717, 1.165) is 25.7 Å². The highest BCUT2D eigenvalue weighted by Crippen LogP contribution is 2.91. The molecule has 31 heteroatoms. The molecule has 6 unspecified atom stereocenters. The number of hydrogen-bond donors (Lipinski definition) is 2. The Labute approximate surface area is 355 Å². The quantitative estimate of drug-likeness (QED) is 0.178. The zero-order chi connectivity index (χ0) is 43.7. The first-order valence-electron chi connectivity index (χ1n) is 20.0. The number of fused-ring (bicyclic) bond motifs is 4. The van der Waals surface area contributed by atoms with Gasteiger partial charge in [0.25, 0.3) is 0 Å². The van der Waals surface area contributed by atoms with E-state index in [1.807, 2.05) is 0 Å². The van der Waals surface area contributed by atoms with Crippen molar-refractivity contribution >= 4 is 64.3 Å². The third kappa shape index (κ3) is 8.65. The Morgan fingerprint density at radius 1 is 0.635 bits per heavy atom. The number of aromatic nitrogens is 8. The van der Waals surface area contributed by atoms with Gasteiger partial charge in [-0.05, 0) is 38.5 Å². The van der Waals surface area contributed by atoms with Gasteiger partial charge in [-0.1, -0.05) is 0 Å². The molecule has 4 aromatic heterocycles. The van der Waals surface area contributed by atoms with Crippen LogP contribution in [0.15, 0.2) is 25.3 Å². The lowest BCUT2D eigenvalue weighted by Gasteiger charge is -2.39. The molecule has 10 rings (SSSR count). The van der Waals surface area contributed by atoms with Crippen molar-refractivity contribution in [1.29, 1.82) is 0 Å². The number of imidazole rings is 2. The lowest BCUT2D eigenvalue weighted by molar-refractivity contribution is -0.205. The summed E-state index contributed by atoms with van der Waals surface area (Å²) in [6.45, 7) is -0.644. The first-order chi connectivity index (χ1) is 30.2. The fourth-order valence-corrected chi connectivity index (χ4v) is 22.7. The second kappa shape index (κ2) is 17.0. The molecule has 4 aromatic rings. The van der Waals surface area contributed by atoms with E-state index in [2.05, 4.69) is 29.9 Å². The van der Waals surface area contributed by atoms with Crippen molar-refractivity contribution in [1.82, 2.24) is 39.0 Å². The molecule has 2 bridgehead atoms. The fourth-order valence-electron chi connectivity index (χ4n) is 8.21. The number of nitrogen functional groups attached to an aromatic ring is 2. The van der Waals surface area contributed by atoms with Crippen molar-refractivity contribution in [3.63, 3.8) is 0 Å². The number of rotatable bonds is 12. The molecule has 6 fully saturated rings. The Bertz CT molecular complexity index is 2350. The van der Waals surface area contributed by atoms with Gasteiger partial charge in [0, 0.05) is 13.2 Å². The van der Waals surface area contributed by atoms with Gasteiger partial charge in [0.2, 0.25) is 0 Å². The minimum absolute atomic E-state index is 0.0520. The van der Waals surface area contributed by atoms with Crippen LogP contribution in [0.1, 0.15) is 51.0 Å². The molecule has 0 saturated carbocycles. The van der Waals surface area contributed by atoms with Gasteiger partial charge in [-0.15, -0.1) is 0 Å². The summed E-state index contributed by atoms with van der Waals surface area (Å²) in [6.07, 6.45) is -4.67. The predicted molar refractivity (Wildman–Crippen MR) is 209 cm³/mol. The van der Waals surface area contributed by atoms with Gasteiger partial charge in [-0.25, -0.2) is 51.6 Å². The van der Waals surface area contributed by atoms with Crippen LogP contribution in [0.25, 0.3) is 22.3 Å². The molecule has 4 N–H and O–H groups in total. The average Bonchev–Trinajstić information content (AvgIpc) is 4.01. The van der Waals surface area contributed by atoms with Gasteiger partial charge < -0.3 is 48.9 Å². The van der Waals surface area contributed by atoms with Gasteiger partial charge in [0.05, 0.1) is 25.9 Å². The molecular formula is C32H42F2N10O15P4. The van der Waals surface area contributed by atoms with Gasteiger partial charge >= 0.3 is 30.4 Å². The van der Waals surface area contributed by atoms with Crippen LogP contribution in [0, 0.1) is 0 Å². The maximum Gasteiger partial charge on any atom is 0.357 e. The number of alkyl halides is 2. The van der Waals surface area contributed by atoms with Gasteiger partial charge in [0.1, 0.15) is 48.1 Å². The molecule has 25 nitrogen and oxygen atoms in total. The van der Waals surface area contributed by atoms with Crippen LogP contribution in [0.4, 0.5) is 20.4 Å². The van der Waals surface area contributed by atoms with Crippen molar-refractivity contribution in [2.45, 2.75) is 100 Å². The predicted octanol–water partition coefficient (Wildman–Crippen LogP) is 4.92. The normalized spacial score (nSPS) is 40.8. The summed E-state index contributed by atoms with van der Waals surface area (Å²) in [5.74, 6) is -2.22. The second-order valence-electron chi connectivity index (χ2n) is 15.5. The SMILES string of the molecule is Nc1ncnc2c1ncn2[C@@H]1O[C@H](COP2(=O)CP3(=O)OP(=O)(OC[C@H]4O[C@@H](n5cnc6c(N)ncnc65)[C@@H](F)[C@@H]4OC4CCCCO4)CP(=O)(O2)O3)[C@@H](OC2CCCCO2)[C@@H]1F. The fraction of sp³-hybridized carbons (Fsp3) is 0.688. The highest BCUT2D eigenvalue weighted by atomic mass is 31.3. The third-order valence-corrected chi connectivity index (χ3v) is 23.7. The molecule has 63 heavy (non-hydrogen) atoms. The van der Waals surface area contributed by atoms with Crippen molar-refractivity contribution in [3.8, 4) is 0 Å². The van der Waals surface area contributed by atoms with Crippen LogP contribution in [-0.4, -0.2) is 127 Å². The zero-order valence-electron chi connectivity index (χ0n) is 33.0. The van der Waals surface area contributed by atoms with Crippen molar-refractivity contribution in [2.24, 2.45) is 0 Å². The topological polar surface area (TPSA) is 309 Å². The van der Waals surface area contributed by atoms with E-state index >= 15 is 8.78 Å². The summed E-state index contributed by atoms with van der Waals surface area (Å²) in [5.41, 5.74) is 12.6. The molecular weight excluding hydrogens is 926 g/mol. The molecule has 6 aliphatic rings. The van der Waals surface area contributed by atoms with E-state index in [-0.39, 0.29) is 34.0 Å². The standard InChI is InChI=1S/C32H42F2N10O15P4/c33-21-25(55-19-5-1-3-7-49-19)17(53-31(21)43-13-41-23-27(35)37-11-39-29(23)43)9-51-60(45)15-62(47)58-61(46,16-63(48,57-60)59-62)52-10-18-26(56-20-6-2-4-8-50-20)22(34)32(54-18)44-14-42-24-28(36)38-12-40-30(24)44/h11-14,17-22,25-26,31-32H,1-10,15-16H2,(H2,35,37,39)(H2,36,38,40)/t17-,18-,19?,20?,21+,22+,25-,26-,31-,32-,60?,61?,62?,63?/m1/s1. The smallest absolute Gasteiger partial charge is 0.357 e. The second-order valence-corrected chi connectivity index (χ2v) is 25.2. The van der Waals surface area contributed by atoms with Crippen LogP contribution in [0.3, 0.4) is 0 Å². The summed E-state index contributed by atoms with van der Waals surface area (Å²) in [5, 5.41) is 0. The zero-order valence-corrected chi connectivity index (χ0v) is 36.5. The highest BCUT2D eigenvalue weighted by molar-refractivity contribution is 7.91. The molecule has 6 saturated heterocycles. The Morgan fingerprint density at radius 3 is 1.49 bits per heavy atom. The molecule has 0 radical (unpaired) electrons. The number of hydrogen-bond acceptors (Lipinski definition) is 23. The Hall–Kier alpha value is -2.96. The van der Waals surface area contributed by atoms with E-state index in [0.29, 0.717) is 26.1 Å². The summed E-state index contributed by atoms with van der Waals surface area (Å²) in [4.78, 5) is 24.5. The number of halogens is 2. The Balaban J connectivity index is 0.838. The minimum Gasteiger partial charge on any atom is -0.382 e. The summed E-state index contributed by atoms with van der Waals surface area (Å²) in [7, 11) is -19.1. The Kier molecular flexibility index (Phi) is 11.9. The molecule has 14 atom stereocenters. The molecule has 6 aliphatic heterocycles. The van der Waals surface area contributed by atoms with Crippen LogP contribution in [0.2, 0.25) is 0 Å². The van der Waals surface area contributed by atoms with Crippen molar-refractivity contribution in [2.75, 3.05) is 49.7 Å². The maximum absolute atomic E-state index is 16.4. The summed E-state index contributed by atoms with van der Waals surface area (Å²) >= 11 is 0. The molecule has 0 aromatic carbocycles. The molecule has 0 aliphatic carbocycles. The van der Waals surface area contributed by atoms with Gasteiger partial charge in [-0.2, -0.15) is 0 Å². The number of ether oxygens (including phenoxy) is 6. The van der Waals surface area contributed by atoms with E-state index in [4.69, 9.17) is 61.9 Å². The van der Waals surface area contributed by atoms with Crippen LogP contribution >= 0.6 is 30.4 Å². The van der Waals surface area contributed by atoms with Gasteiger partial charge in [-0.3, -0.25) is 27.4 Å². The minimum atomic E-state index is -4.85. The van der Waals surface area contributed by atoms with E-state index in [1.54, 1.807) is 0 Å². The van der Waals surface area contributed by atoms with Crippen LogP contribution in [0.5, 0.6) is 0 Å². The summed E-state index contributed by atoms with van der Waals surface area (Å²) < 4.78 is 155. The van der Waals surface area contributed by atoms with E-state index in [1.165, 1.54) is 34.4 Å². The number of anilines is 2. The van der Waals surface area contributed by atoms with Gasteiger partial charge in [0.15, 0.2) is 72.1 Å². The average molecular weight is 969 g/mol. The molecule has 344 valence electrons. The number of nitrogens with zero attached hydrogens (tertiary/aromatic N) is 8. The van der Waals surface area contributed by atoms with E-state index in [9.17, 15) is 18.3 Å². The molecule has 0 spiro atoms. The Morgan fingerprint density at radius 2 is 1.08 bits per heavy atom. The maximum atomic E-state index is 16.4. The van der Waals surface area contributed by atoms with Crippen LogP contribution < -0.4 is 11.5 Å². The summed E-state index contributed by atoms with van der Waals surface area (Å²) in [6, 6.07) is 0. The molecule has 0 amide bonds. The van der Waals surface area contributed by atoms with E-state index < -0.39 is 117 Å². The van der Waals surface area contributed by atoms with Crippen molar-refractivity contribution < 1.29 is 77.4 Å². The lowest BCUT2D eigenvalue weighted by Crippen LogP contribution is -2.39. The lowest BCUT2D eigenvalue weighted by atomic mass is 10.1. The van der Waals surface area contributed by atoms with Crippen molar-refractivity contribution in [3.05, 3.63) is 25.3 Å². The first-order valence-corrected chi connectivity index (χ1v) is 26.9.